The molecule has 1 aromatic heterocycles. The lowest BCUT2D eigenvalue weighted by atomic mass is 10.2. The van der Waals surface area contributed by atoms with Crippen molar-refractivity contribution in [2.24, 2.45) is 0 Å². The first kappa shape index (κ1) is 11.9. The second-order valence-electron chi connectivity index (χ2n) is 3.37. The van der Waals surface area contributed by atoms with Crippen LogP contribution in [-0.2, 0) is 4.79 Å². The average Bonchev–Trinajstić information content (AvgIpc) is 2.56. The van der Waals surface area contributed by atoms with E-state index in [-0.39, 0.29) is 22.7 Å². The Labute approximate surface area is 91.5 Å². The van der Waals surface area contributed by atoms with E-state index < -0.39 is 4.92 Å². The van der Waals surface area contributed by atoms with E-state index in [2.05, 4.69) is 5.16 Å². The predicted molar refractivity (Wildman–Crippen MR) is 55.6 cm³/mol. The van der Waals surface area contributed by atoms with Crippen LogP contribution in [0.5, 0.6) is 0 Å². The smallest absolute Gasteiger partial charge is 0.339 e. The standard InChI is InChI=1S/C9H11N3O4/c1-6-8(12(14)15)9(16-10-6)7(5-13)4-11(2)3/h4-5H,1-3H3/b7-4+. The second kappa shape index (κ2) is 4.56. The number of nitro groups is 1. The molecular weight excluding hydrogens is 214 g/mol. The minimum atomic E-state index is -0.617. The van der Waals surface area contributed by atoms with Gasteiger partial charge in [0.05, 0.1) is 10.5 Å². The van der Waals surface area contributed by atoms with Gasteiger partial charge in [-0.2, -0.15) is 0 Å². The molecule has 0 saturated carbocycles. The van der Waals surface area contributed by atoms with Gasteiger partial charge in [-0.15, -0.1) is 0 Å². The van der Waals surface area contributed by atoms with Gasteiger partial charge in [0.2, 0.25) is 5.76 Å². The fourth-order valence-corrected chi connectivity index (χ4v) is 1.19. The van der Waals surface area contributed by atoms with Crippen LogP contribution in [-0.4, -0.2) is 35.4 Å². The van der Waals surface area contributed by atoms with Gasteiger partial charge in [-0.1, -0.05) is 5.16 Å². The van der Waals surface area contributed by atoms with Crippen molar-refractivity contribution in [1.82, 2.24) is 10.1 Å². The number of carbonyl (C=O) groups excluding carboxylic acids is 1. The van der Waals surface area contributed by atoms with Gasteiger partial charge in [-0.3, -0.25) is 14.9 Å². The zero-order chi connectivity index (χ0) is 12.3. The highest BCUT2D eigenvalue weighted by Gasteiger charge is 2.26. The van der Waals surface area contributed by atoms with Gasteiger partial charge in [0.15, 0.2) is 12.0 Å². The molecule has 0 aliphatic rings. The van der Waals surface area contributed by atoms with Crippen LogP contribution >= 0.6 is 0 Å². The number of hydrogen-bond acceptors (Lipinski definition) is 6. The first-order chi connectivity index (χ1) is 7.47. The molecular formula is C9H11N3O4. The van der Waals surface area contributed by atoms with Crippen LogP contribution in [0.3, 0.4) is 0 Å². The highest BCUT2D eigenvalue weighted by Crippen LogP contribution is 2.28. The Hall–Kier alpha value is -2.18. The first-order valence-electron chi connectivity index (χ1n) is 4.41. The largest absolute Gasteiger partial charge is 0.383 e. The van der Waals surface area contributed by atoms with Crippen molar-refractivity contribution in [3.05, 3.63) is 27.8 Å². The van der Waals surface area contributed by atoms with Crippen molar-refractivity contribution in [2.45, 2.75) is 6.92 Å². The average molecular weight is 225 g/mol. The summed E-state index contributed by atoms with van der Waals surface area (Å²) in [6.07, 6.45) is 1.92. The number of aryl methyl sites for hydroxylation is 1. The zero-order valence-corrected chi connectivity index (χ0v) is 9.13. The lowest BCUT2D eigenvalue weighted by molar-refractivity contribution is -0.386. The molecule has 0 aliphatic carbocycles. The summed E-state index contributed by atoms with van der Waals surface area (Å²) >= 11 is 0. The Balaban J connectivity index is 3.31. The molecule has 16 heavy (non-hydrogen) atoms. The Morgan fingerprint density at radius 3 is 2.62 bits per heavy atom. The third kappa shape index (κ3) is 2.25. The number of hydrogen-bond donors (Lipinski definition) is 0. The number of allylic oxidation sites excluding steroid dienone is 1. The van der Waals surface area contributed by atoms with Crippen LogP contribution in [0.25, 0.3) is 5.57 Å². The molecule has 0 bridgehead atoms. The van der Waals surface area contributed by atoms with E-state index in [9.17, 15) is 14.9 Å². The molecule has 0 fully saturated rings. The van der Waals surface area contributed by atoms with Gasteiger partial charge >= 0.3 is 5.69 Å². The molecule has 0 amide bonds. The molecule has 7 nitrogen and oxygen atoms in total. The Morgan fingerprint density at radius 2 is 2.19 bits per heavy atom. The zero-order valence-electron chi connectivity index (χ0n) is 9.13. The van der Waals surface area contributed by atoms with Gasteiger partial charge in [-0.05, 0) is 6.92 Å². The van der Waals surface area contributed by atoms with Gasteiger partial charge < -0.3 is 9.42 Å². The summed E-state index contributed by atoms with van der Waals surface area (Å²) in [5.74, 6) is -0.119. The van der Waals surface area contributed by atoms with E-state index in [1.54, 1.807) is 19.0 Å². The number of nitrogens with zero attached hydrogens (tertiary/aromatic N) is 3. The summed E-state index contributed by atoms with van der Waals surface area (Å²) in [6, 6.07) is 0. The minimum Gasteiger partial charge on any atom is -0.383 e. The number of aromatic nitrogens is 1. The molecule has 0 radical (unpaired) electrons. The van der Waals surface area contributed by atoms with Crippen molar-refractivity contribution < 1.29 is 14.2 Å². The molecule has 1 heterocycles. The Bertz CT molecular complexity index is 448. The summed E-state index contributed by atoms with van der Waals surface area (Å²) in [5, 5.41) is 14.2. The fourth-order valence-electron chi connectivity index (χ4n) is 1.19. The summed E-state index contributed by atoms with van der Waals surface area (Å²) in [7, 11) is 3.39. The molecule has 7 heteroatoms. The maximum Gasteiger partial charge on any atom is 0.339 e. The van der Waals surface area contributed by atoms with Crippen LogP contribution in [0, 0.1) is 17.0 Å². The van der Waals surface area contributed by atoms with Crippen molar-refractivity contribution >= 4 is 17.5 Å². The number of rotatable bonds is 4. The molecule has 0 unspecified atom stereocenters. The Kier molecular flexibility index (Phi) is 3.39. The predicted octanol–water partition coefficient (Wildman–Crippen LogP) is 0.993. The highest BCUT2D eigenvalue weighted by molar-refractivity contribution is 6.07. The summed E-state index contributed by atoms with van der Waals surface area (Å²) in [6.45, 7) is 1.45. The molecule has 86 valence electrons. The monoisotopic (exact) mass is 225 g/mol. The molecule has 1 aromatic rings. The van der Waals surface area contributed by atoms with E-state index in [1.165, 1.54) is 13.1 Å². The van der Waals surface area contributed by atoms with E-state index in [0.29, 0.717) is 6.29 Å². The third-order valence-corrected chi connectivity index (χ3v) is 1.80. The van der Waals surface area contributed by atoms with Gasteiger partial charge in [0, 0.05) is 20.3 Å². The van der Waals surface area contributed by atoms with E-state index in [0.717, 1.165) is 0 Å². The maximum absolute atomic E-state index is 10.8. The van der Waals surface area contributed by atoms with Crippen LogP contribution in [0.2, 0.25) is 0 Å². The molecule has 0 N–H and O–H groups in total. The van der Waals surface area contributed by atoms with Gasteiger partial charge in [0.25, 0.3) is 0 Å². The van der Waals surface area contributed by atoms with E-state index >= 15 is 0 Å². The van der Waals surface area contributed by atoms with Crippen molar-refractivity contribution in [1.29, 1.82) is 0 Å². The quantitative estimate of drug-likeness (QED) is 0.328. The van der Waals surface area contributed by atoms with Gasteiger partial charge in [-0.25, -0.2) is 0 Å². The summed E-state index contributed by atoms with van der Waals surface area (Å²) in [4.78, 5) is 22.6. The normalized spacial score (nSPS) is 11.3. The first-order valence-corrected chi connectivity index (χ1v) is 4.41. The van der Waals surface area contributed by atoms with Crippen LogP contribution in [0.4, 0.5) is 5.69 Å². The summed E-state index contributed by atoms with van der Waals surface area (Å²) < 4.78 is 4.79. The summed E-state index contributed by atoms with van der Waals surface area (Å²) in [5.41, 5.74) is -0.0518. The maximum atomic E-state index is 10.8. The van der Waals surface area contributed by atoms with Crippen molar-refractivity contribution in [3.63, 3.8) is 0 Å². The molecule has 0 aromatic carbocycles. The number of aldehydes is 1. The van der Waals surface area contributed by atoms with Crippen molar-refractivity contribution in [2.75, 3.05) is 14.1 Å². The molecule has 1 rings (SSSR count). The topological polar surface area (TPSA) is 89.5 Å². The van der Waals surface area contributed by atoms with E-state index in [1.807, 2.05) is 0 Å². The number of carbonyl (C=O) groups is 1. The van der Waals surface area contributed by atoms with Crippen molar-refractivity contribution in [3.8, 4) is 0 Å². The molecule has 0 aliphatic heterocycles. The van der Waals surface area contributed by atoms with E-state index in [4.69, 9.17) is 4.52 Å². The second-order valence-corrected chi connectivity index (χ2v) is 3.37. The molecule has 0 spiro atoms. The van der Waals surface area contributed by atoms with Crippen LogP contribution in [0.15, 0.2) is 10.7 Å². The van der Waals surface area contributed by atoms with Crippen LogP contribution in [0.1, 0.15) is 11.5 Å². The van der Waals surface area contributed by atoms with Gasteiger partial charge in [0.1, 0.15) is 0 Å². The molecule has 0 saturated heterocycles. The lowest BCUT2D eigenvalue weighted by Crippen LogP contribution is -2.04. The molecule has 0 atom stereocenters. The SMILES string of the molecule is Cc1noc(/C(C=O)=C/N(C)C)c1[N+](=O)[O-]. The minimum absolute atomic E-state index is 0.0808. The third-order valence-electron chi connectivity index (χ3n) is 1.80. The van der Waals surface area contributed by atoms with Crippen LogP contribution < -0.4 is 0 Å². The fraction of sp³-hybridized carbons (Fsp3) is 0.333. The highest BCUT2D eigenvalue weighted by atomic mass is 16.6. The Morgan fingerprint density at radius 1 is 1.56 bits per heavy atom. The lowest BCUT2D eigenvalue weighted by Gasteiger charge is -2.04.